The van der Waals surface area contributed by atoms with Crippen molar-refractivity contribution in [3.63, 3.8) is 0 Å². The average molecular weight is 450 g/mol. The van der Waals surface area contributed by atoms with Crippen molar-refractivity contribution in [3.05, 3.63) is 34.9 Å². The number of aliphatic hydroxyl groups excluding tert-OH is 1. The number of ether oxygens (including phenoxy) is 1. The van der Waals surface area contributed by atoms with E-state index in [0.29, 0.717) is 12.1 Å². The molecule has 32 heavy (non-hydrogen) atoms. The van der Waals surface area contributed by atoms with Crippen molar-refractivity contribution in [2.24, 2.45) is 0 Å². The molecule has 0 spiro atoms. The van der Waals surface area contributed by atoms with Gasteiger partial charge in [0.05, 0.1) is 6.61 Å². The lowest BCUT2D eigenvalue weighted by Crippen LogP contribution is -2.54. The topological polar surface area (TPSA) is 108 Å². The molecule has 0 aliphatic carbocycles. The van der Waals surface area contributed by atoms with Gasteiger partial charge < -0.3 is 25.4 Å². The first-order chi connectivity index (χ1) is 14.9. The summed E-state index contributed by atoms with van der Waals surface area (Å²) in [5, 5.41) is 15.2. The van der Waals surface area contributed by atoms with E-state index in [4.69, 9.17) is 4.74 Å². The molecule has 0 saturated heterocycles. The third kappa shape index (κ3) is 8.49. The first kappa shape index (κ1) is 27.4. The standard InChI is InChI=1S/C24H39N3O5/c1-8-10-11-25-21(29)20(18-13-16(3)12-17(4)14-18)27(9-2)22(30)19(15-28)26-23(31)32-24(5,6)7/h12-14,19-20,28H,8-11,15H2,1-7H3,(H,25,29)(H,26,31). The molecule has 0 fully saturated rings. The third-order valence-corrected chi connectivity index (χ3v) is 4.74. The zero-order valence-electron chi connectivity index (χ0n) is 20.4. The molecule has 0 bridgehead atoms. The molecule has 8 nitrogen and oxygen atoms in total. The number of likely N-dealkylation sites (N-methyl/N-ethyl adjacent to an activating group) is 1. The molecule has 3 N–H and O–H groups in total. The molecule has 0 aromatic heterocycles. The van der Waals surface area contributed by atoms with Crippen LogP contribution in [0, 0.1) is 13.8 Å². The van der Waals surface area contributed by atoms with Gasteiger partial charge in [-0.05, 0) is 53.5 Å². The third-order valence-electron chi connectivity index (χ3n) is 4.74. The van der Waals surface area contributed by atoms with Gasteiger partial charge in [-0.15, -0.1) is 0 Å². The Kier molecular flexibility index (Phi) is 10.7. The highest BCUT2D eigenvalue weighted by molar-refractivity contribution is 5.92. The van der Waals surface area contributed by atoms with Crippen LogP contribution >= 0.6 is 0 Å². The Morgan fingerprint density at radius 1 is 1.09 bits per heavy atom. The van der Waals surface area contributed by atoms with Crippen molar-refractivity contribution in [3.8, 4) is 0 Å². The Hall–Kier alpha value is -2.61. The lowest BCUT2D eigenvalue weighted by atomic mass is 9.98. The number of alkyl carbamates (subject to hydrolysis) is 1. The normalized spacial score (nSPS) is 13.1. The predicted molar refractivity (Wildman–Crippen MR) is 124 cm³/mol. The Labute approximate surface area is 191 Å². The molecule has 2 atom stereocenters. The van der Waals surface area contributed by atoms with Crippen LogP contribution in [0.25, 0.3) is 0 Å². The van der Waals surface area contributed by atoms with Gasteiger partial charge in [-0.25, -0.2) is 4.79 Å². The highest BCUT2D eigenvalue weighted by atomic mass is 16.6. The van der Waals surface area contributed by atoms with Gasteiger partial charge in [0.2, 0.25) is 11.8 Å². The van der Waals surface area contributed by atoms with Crippen molar-refractivity contribution >= 4 is 17.9 Å². The minimum absolute atomic E-state index is 0.212. The van der Waals surface area contributed by atoms with Crippen LogP contribution in [0.1, 0.15) is 70.2 Å². The van der Waals surface area contributed by atoms with Gasteiger partial charge in [0.15, 0.2) is 0 Å². The molecule has 0 saturated carbocycles. The molecule has 1 rings (SSSR count). The number of carbonyl (C=O) groups is 3. The van der Waals surface area contributed by atoms with Crippen LogP contribution in [0.3, 0.4) is 0 Å². The van der Waals surface area contributed by atoms with Gasteiger partial charge in [-0.2, -0.15) is 0 Å². The maximum absolute atomic E-state index is 13.3. The van der Waals surface area contributed by atoms with E-state index in [2.05, 4.69) is 10.6 Å². The van der Waals surface area contributed by atoms with E-state index >= 15 is 0 Å². The SMILES string of the molecule is CCCCNC(=O)C(c1cc(C)cc(C)c1)N(CC)C(=O)C(CO)NC(=O)OC(C)(C)C. The summed E-state index contributed by atoms with van der Waals surface area (Å²) in [4.78, 5) is 40.1. The lowest BCUT2D eigenvalue weighted by molar-refractivity contribution is -0.143. The first-order valence-electron chi connectivity index (χ1n) is 11.2. The van der Waals surface area contributed by atoms with Crippen LogP contribution in [0.4, 0.5) is 4.79 Å². The van der Waals surface area contributed by atoms with Gasteiger partial charge in [-0.1, -0.05) is 42.7 Å². The van der Waals surface area contributed by atoms with Crippen LogP contribution in [-0.2, 0) is 14.3 Å². The van der Waals surface area contributed by atoms with E-state index in [1.54, 1.807) is 27.7 Å². The van der Waals surface area contributed by atoms with Gasteiger partial charge in [0.1, 0.15) is 17.7 Å². The van der Waals surface area contributed by atoms with Crippen LogP contribution < -0.4 is 10.6 Å². The number of benzene rings is 1. The minimum Gasteiger partial charge on any atom is -0.444 e. The van der Waals surface area contributed by atoms with Crippen LogP contribution in [0.2, 0.25) is 0 Å². The summed E-state index contributed by atoms with van der Waals surface area (Å²) in [6, 6.07) is 3.62. The monoisotopic (exact) mass is 449 g/mol. The number of nitrogens with zero attached hydrogens (tertiary/aromatic N) is 1. The molecule has 180 valence electrons. The molecule has 8 heteroatoms. The second kappa shape index (κ2) is 12.4. The van der Waals surface area contributed by atoms with Gasteiger partial charge >= 0.3 is 6.09 Å². The van der Waals surface area contributed by atoms with Crippen LogP contribution in [0.5, 0.6) is 0 Å². The van der Waals surface area contributed by atoms with Crippen LogP contribution in [-0.4, -0.2) is 59.3 Å². The fraction of sp³-hybridized carbons (Fsp3) is 0.625. The number of hydrogen-bond acceptors (Lipinski definition) is 5. The molecule has 0 aliphatic rings. The number of hydrogen-bond donors (Lipinski definition) is 3. The van der Waals surface area contributed by atoms with Crippen molar-refractivity contribution in [1.29, 1.82) is 0 Å². The van der Waals surface area contributed by atoms with Crippen LogP contribution in [0.15, 0.2) is 18.2 Å². The number of amides is 3. The summed E-state index contributed by atoms with van der Waals surface area (Å²) in [6.45, 7) is 12.9. The van der Waals surface area contributed by atoms with E-state index in [9.17, 15) is 19.5 Å². The fourth-order valence-electron chi connectivity index (χ4n) is 3.43. The zero-order chi connectivity index (χ0) is 24.5. The second-order valence-corrected chi connectivity index (χ2v) is 8.97. The molecule has 0 heterocycles. The first-order valence-corrected chi connectivity index (χ1v) is 11.2. The van der Waals surface area contributed by atoms with E-state index in [1.807, 2.05) is 39.0 Å². The summed E-state index contributed by atoms with van der Waals surface area (Å²) >= 11 is 0. The maximum Gasteiger partial charge on any atom is 0.408 e. The molecule has 2 unspecified atom stereocenters. The predicted octanol–water partition coefficient (Wildman–Crippen LogP) is 2.99. The smallest absolute Gasteiger partial charge is 0.408 e. The maximum atomic E-state index is 13.3. The number of unbranched alkanes of at least 4 members (excludes halogenated alkanes) is 1. The number of aryl methyl sites for hydroxylation is 2. The average Bonchev–Trinajstić information content (AvgIpc) is 2.67. The van der Waals surface area contributed by atoms with Crippen molar-refractivity contribution in [2.45, 2.75) is 79.0 Å². The summed E-state index contributed by atoms with van der Waals surface area (Å²) in [6.07, 6.45) is 0.943. The molecule has 3 amide bonds. The van der Waals surface area contributed by atoms with Crippen molar-refractivity contribution < 1.29 is 24.2 Å². The summed E-state index contributed by atoms with van der Waals surface area (Å²) in [7, 11) is 0. The molecule has 1 aromatic rings. The van der Waals surface area contributed by atoms with E-state index < -0.39 is 36.3 Å². The van der Waals surface area contributed by atoms with E-state index in [-0.39, 0.29) is 12.5 Å². The van der Waals surface area contributed by atoms with E-state index in [0.717, 1.165) is 24.0 Å². The Balaban J connectivity index is 3.26. The Bertz CT molecular complexity index is 768. The molecular weight excluding hydrogens is 410 g/mol. The largest absolute Gasteiger partial charge is 0.444 e. The Morgan fingerprint density at radius 3 is 2.16 bits per heavy atom. The lowest BCUT2D eigenvalue weighted by Gasteiger charge is -2.33. The second-order valence-electron chi connectivity index (χ2n) is 8.97. The number of nitrogens with one attached hydrogen (secondary N) is 2. The number of carbonyl (C=O) groups excluding carboxylic acids is 3. The minimum atomic E-state index is -1.23. The molecule has 1 aromatic carbocycles. The summed E-state index contributed by atoms with van der Waals surface area (Å²) < 4.78 is 5.21. The number of rotatable bonds is 10. The van der Waals surface area contributed by atoms with Crippen molar-refractivity contribution in [1.82, 2.24) is 15.5 Å². The Morgan fingerprint density at radius 2 is 1.69 bits per heavy atom. The summed E-state index contributed by atoms with van der Waals surface area (Å²) in [5.74, 6) is -0.858. The molecule has 0 aliphatic heterocycles. The fourth-order valence-corrected chi connectivity index (χ4v) is 3.43. The van der Waals surface area contributed by atoms with Crippen molar-refractivity contribution in [2.75, 3.05) is 19.7 Å². The van der Waals surface area contributed by atoms with Gasteiger partial charge in [-0.3, -0.25) is 9.59 Å². The van der Waals surface area contributed by atoms with Gasteiger partial charge in [0, 0.05) is 13.1 Å². The summed E-state index contributed by atoms with van der Waals surface area (Å²) in [5.41, 5.74) is 1.87. The van der Waals surface area contributed by atoms with E-state index in [1.165, 1.54) is 4.90 Å². The number of aliphatic hydroxyl groups is 1. The quantitative estimate of drug-likeness (QED) is 0.476. The highest BCUT2D eigenvalue weighted by Crippen LogP contribution is 2.24. The highest BCUT2D eigenvalue weighted by Gasteiger charge is 2.35. The van der Waals surface area contributed by atoms with Gasteiger partial charge in [0.25, 0.3) is 0 Å². The molecular formula is C24H39N3O5. The zero-order valence-corrected chi connectivity index (χ0v) is 20.4. The molecule has 0 radical (unpaired) electrons.